The van der Waals surface area contributed by atoms with Crippen LogP contribution in [0.25, 0.3) is 5.69 Å². The highest BCUT2D eigenvalue weighted by Crippen LogP contribution is 2.21. The second-order valence-electron chi connectivity index (χ2n) is 7.62. The predicted octanol–water partition coefficient (Wildman–Crippen LogP) is 3.74. The molecule has 0 unspecified atom stereocenters. The fourth-order valence-corrected chi connectivity index (χ4v) is 6.22. The molecule has 158 valence electrons. The number of amides is 1. The van der Waals surface area contributed by atoms with Gasteiger partial charge in [0.2, 0.25) is 10.0 Å². The fourth-order valence-electron chi connectivity index (χ4n) is 3.91. The number of hydrogen-bond acceptors (Lipinski definition) is 4. The first-order valence-electron chi connectivity index (χ1n) is 9.95. The summed E-state index contributed by atoms with van der Waals surface area (Å²) in [6.07, 6.45) is 1.21. The molecule has 0 atom stereocenters. The van der Waals surface area contributed by atoms with E-state index in [2.05, 4.69) is 35.3 Å². The Labute approximate surface area is 181 Å². The van der Waals surface area contributed by atoms with Gasteiger partial charge in [0.25, 0.3) is 5.91 Å². The first-order valence-corrected chi connectivity index (χ1v) is 12.3. The number of carbonyl (C=O) groups excluding carboxylic acids is 1. The van der Waals surface area contributed by atoms with Crippen molar-refractivity contribution in [3.05, 3.63) is 70.9 Å². The largest absolute Gasteiger partial charge is 0.339 e. The maximum absolute atomic E-state index is 12.9. The van der Waals surface area contributed by atoms with Crippen molar-refractivity contribution >= 4 is 27.3 Å². The zero-order chi connectivity index (χ0) is 21.3. The van der Waals surface area contributed by atoms with Crippen LogP contribution >= 0.6 is 11.3 Å². The second-order valence-corrected chi connectivity index (χ2v) is 10.5. The summed E-state index contributed by atoms with van der Waals surface area (Å²) < 4.78 is 30.0. The van der Waals surface area contributed by atoms with Gasteiger partial charge in [0, 0.05) is 41.8 Å². The van der Waals surface area contributed by atoms with Gasteiger partial charge in [-0.3, -0.25) is 4.79 Å². The van der Waals surface area contributed by atoms with Crippen LogP contribution in [0.4, 0.5) is 0 Å². The van der Waals surface area contributed by atoms with E-state index in [1.807, 2.05) is 24.3 Å². The third-order valence-electron chi connectivity index (χ3n) is 5.51. The minimum Gasteiger partial charge on any atom is -0.339 e. The number of nitrogens with zero attached hydrogens (tertiary/aromatic N) is 2. The maximum atomic E-state index is 12.9. The normalized spacial score (nSPS) is 15.5. The Hall–Kier alpha value is -2.42. The molecule has 4 rings (SSSR count). The highest BCUT2D eigenvalue weighted by atomic mass is 32.2. The minimum absolute atomic E-state index is 0.0120. The molecule has 1 aliphatic rings. The number of rotatable bonds is 5. The quantitative estimate of drug-likeness (QED) is 0.653. The van der Waals surface area contributed by atoms with Crippen molar-refractivity contribution in [2.75, 3.05) is 13.1 Å². The number of likely N-dealkylation sites (tertiary alicyclic amines) is 1. The lowest BCUT2D eigenvalue weighted by atomic mass is 10.0. The summed E-state index contributed by atoms with van der Waals surface area (Å²) in [6, 6.07) is 15.0. The van der Waals surface area contributed by atoms with Crippen molar-refractivity contribution in [2.45, 2.75) is 36.9 Å². The van der Waals surface area contributed by atoms with E-state index in [4.69, 9.17) is 0 Å². The van der Waals surface area contributed by atoms with E-state index in [-0.39, 0.29) is 11.9 Å². The van der Waals surface area contributed by atoms with Gasteiger partial charge in [-0.1, -0.05) is 6.07 Å². The van der Waals surface area contributed by atoms with Gasteiger partial charge in [-0.25, -0.2) is 13.1 Å². The molecule has 0 bridgehead atoms. The number of aromatic nitrogens is 1. The minimum atomic E-state index is -3.48. The predicted molar refractivity (Wildman–Crippen MR) is 119 cm³/mol. The Kier molecular flexibility index (Phi) is 5.81. The lowest BCUT2D eigenvalue weighted by Crippen LogP contribution is -2.46. The van der Waals surface area contributed by atoms with Gasteiger partial charge in [0.1, 0.15) is 4.21 Å². The van der Waals surface area contributed by atoms with Crippen molar-refractivity contribution in [3.8, 4) is 5.69 Å². The average Bonchev–Trinajstić information content (AvgIpc) is 3.39. The number of thiophene rings is 1. The summed E-state index contributed by atoms with van der Waals surface area (Å²) in [6.45, 7) is 5.19. The highest BCUT2D eigenvalue weighted by molar-refractivity contribution is 7.91. The molecule has 8 heteroatoms. The number of nitrogens with one attached hydrogen (secondary N) is 1. The number of sulfonamides is 1. The van der Waals surface area contributed by atoms with Crippen molar-refractivity contribution in [1.82, 2.24) is 14.2 Å². The third-order valence-corrected chi connectivity index (χ3v) is 8.43. The Bertz CT molecular complexity index is 1110. The van der Waals surface area contributed by atoms with Crippen LogP contribution in [0.5, 0.6) is 0 Å². The van der Waals surface area contributed by atoms with Crippen LogP contribution in [0.15, 0.2) is 58.1 Å². The summed E-state index contributed by atoms with van der Waals surface area (Å²) in [5.74, 6) is -0.0120. The SMILES string of the molecule is Cc1ccc(C)n1-c1ccc(C(=O)N2CCC(NS(=O)(=O)c3cccs3)CC2)cc1. The molecule has 30 heavy (non-hydrogen) atoms. The highest BCUT2D eigenvalue weighted by Gasteiger charge is 2.27. The van der Waals surface area contributed by atoms with E-state index >= 15 is 0 Å². The molecule has 1 aliphatic heterocycles. The average molecular weight is 444 g/mol. The van der Waals surface area contributed by atoms with Crippen molar-refractivity contribution in [2.24, 2.45) is 0 Å². The van der Waals surface area contributed by atoms with E-state index in [9.17, 15) is 13.2 Å². The van der Waals surface area contributed by atoms with Crippen LogP contribution in [0.2, 0.25) is 0 Å². The smallest absolute Gasteiger partial charge is 0.253 e. The van der Waals surface area contributed by atoms with E-state index < -0.39 is 10.0 Å². The van der Waals surface area contributed by atoms with E-state index in [1.54, 1.807) is 22.4 Å². The number of aryl methyl sites for hydroxylation is 2. The van der Waals surface area contributed by atoms with Gasteiger partial charge in [-0.05, 0) is 74.5 Å². The summed E-state index contributed by atoms with van der Waals surface area (Å²) in [7, 11) is -3.48. The van der Waals surface area contributed by atoms with E-state index in [1.165, 1.54) is 11.3 Å². The van der Waals surface area contributed by atoms with Crippen molar-refractivity contribution in [1.29, 1.82) is 0 Å². The first kappa shape index (κ1) is 20.8. The molecule has 1 N–H and O–H groups in total. The molecule has 2 aromatic heterocycles. The van der Waals surface area contributed by atoms with Gasteiger partial charge in [-0.15, -0.1) is 11.3 Å². The number of benzene rings is 1. The Morgan fingerprint density at radius 2 is 1.63 bits per heavy atom. The van der Waals surface area contributed by atoms with Gasteiger partial charge in [0.05, 0.1) is 0 Å². The topological polar surface area (TPSA) is 71.4 Å². The molecule has 6 nitrogen and oxygen atoms in total. The molecule has 1 fully saturated rings. The van der Waals surface area contributed by atoms with Crippen molar-refractivity contribution < 1.29 is 13.2 Å². The number of piperidine rings is 1. The molecular formula is C22H25N3O3S2. The van der Waals surface area contributed by atoms with Gasteiger partial charge in [-0.2, -0.15) is 0 Å². The zero-order valence-corrected chi connectivity index (χ0v) is 18.7. The Balaban J connectivity index is 1.37. The molecule has 0 spiro atoms. The summed E-state index contributed by atoms with van der Waals surface area (Å²) >= 11 is 1.21. The lowest BCUT2D eigenvalue weighted by Gasteiger charge is -2.32. The molecular weight excluding hydrogens is 418 g/mol. The zero-order valence-electron chi connectivity index (χ0n) is 17.0. The van der Waals surface area contributed by atoms with Crippen LogP contribution in [0.3, 0.4) is 0 Å². The van der Waals surface area contributed by atoms with Crippen molar-refractivity contribution in [3.63, 3.8) is 0 Å². The molecule has 0 aliphatic carbocycles. The molecule has 0 radical (unpaired) electrons. The van der Waals surface area contributed by atoms with Crippen LogP contribution in [0, 0.1) is 13.8 Å². The summed E-state index contributed by atoms with van der Waals surface area (Å²) in [5, 5.41) is 1.75. The van der Waals surface area contributed by atoms with E-state index in [0.29, 0.717) is 35.7 Å². The Morgan fingerprint density at radius 3 is 2.20 bits per heavy atom. The van der Waals surface area contributed by atoms with Gasteiger partial charge < -0.3 is 9.47 Å². The molecule has 1 saturated heterocycles. The van der Waals surface area contributed by atoms with Crippen LogP contribution in [-0.4, -0.2) is 42.9 Å². The monoisotopic (exact) mass is 443 g/mol. The summed E-state index contributed by atoms with van der Waals surface area (Å²) in [4.78, 5) is 14.7. The van der Waals surface area contributed by atoms with Crippen LogP contribution in [0.1, 0.15) is 34.6 Å². The second kappa shape index (κ2) is 8.37. The first-order chi connectivity index (χ1) is 14.3. The van der Waals surface area contributed by atoms with Crippen LogP contribution in [-0.2, 0) is 10.0 Å². The van der Waals surface area contributed by atoms with Gasteiger partial charge in [0.15, 0.2) is 0 Å². The van der Waals surface area contributed by atoms with Crippen LogP contribution < -0.4 is 4.72 Å². The third kappa shape index (κ3) is 4.21. The lowest BCUT2D eigenvalue weighted by molar-refractivity contribution is 0.0711. The molecule has 0 saturated carbocycles. The summed E-state index contributed by atoms with van der Waals surface area (Å²) in [5.41, 5.74) is 3.99. The molecule has 3 aromatic rings. The number of hydrogen-bond donors (Lipinski definition) is 1. The van der Waals surface area contributed by atoms with Gasteiger partial charge >= 0.3 is 0 Å². The molecule has 3 heterocycles. The van der Waals surface area contributed by atoms with E-state index in [0.717, 1.165) is 17.1 Å². The molecule has 1 aromatic carbocycles. The Morgan fingerprint density at radius 1 is 1.00 bits per heavy atom. The number of carbonyl (C=O) groups is 1. The molecule has 1 amide bonds. The fraction of sp³-hybridized carbons (Fsp3) is 0.318. The standard InChI is InChI=1S/C22H25N3O3S2/c1-16-5-6-17(2)25(16)20-9-7-18(8-10-20)22(26)24-13-11-19(12-14-24)23-30(27,28)21-4-3-15-29-21/h3-10,15,19,23H,11-14H2,1-2H3. The maximum Gasteiger partial charge on any atom is 0.253 e.